The van der Waals surface area contributed by atoms with Gasteiger partial charge in [0.05, 0.1) is 23.7 Å². The Balaban J connectivity index is 1.71. The molecule has 8 nitrogen and oxygen atoms in total. The molecule has 28 heavy (non-hydrogen) atoms. The van der Waals surface area contributed by atoms with Gasteiger partial charge in [0.25, 0.3) is 11.6 Å². The summed E-state index contributed by atoms with van der Waals surface area (Å²) in [5.41, 5.74) is 1.41. The molecule has 3 rings (SSSR count). The maximum Gasteiger partial charge on any atom is 0.273 e. The maximum atomic E-state index is 12.3. The number of nitro benzene ring substituents is 1. The molecular formula is C19H19N3O5S. The minimum Gasteiger partial charge on any atom is -0.493 e. The normalized spacial score (nSPS) is 13.0. The predicted molar refractivity (Wildman–Crippen MR) is 104 cm³/mol. The third-order valence-corrected chi connectivity index (χ3v) is 5.71. The van der Waals surface area contributed by atoms with Gasteiger partial charge in [-0.05, 0) is 37.3 Å². The van der Waals surface area contributed by atoms with Crippen LogP contribution in [-0.4, -0.2) is 24.5 Å². The first-order valence-corrected chi connectivity index (χ1v) is 9.65. The van der Waals surface area contributed by atoms with Gasteiger partial charge in [-0.15, -0.1) is 11.3 Å². The summed E-state index contributed by atoms with van der Waals surface area (Å²) in [5.74, 6) is -0.0465. The molecule has 1 aliphatic rings. The first kappa shape index (κ1) is 19.6. The zero-order valence-electron chi connectivity index (χ0n) is 15.3. The van der Waals surface area contributed by atoms with E-state index in [1.165, 1.54) is 36.6 Å². The molecule has 0 spiro atoms. The van der Waals surface area contributed by atoms with Gasteiger partial charge in [-0.2, -0.15) is 5.26 Å². The van der Waals surface area contributed by atoms with Crippen LogP contribution in [0.5, 0.6) is 11.5 Å². The highest BCUT2D eigenvalue weighted by Crippen LogP contribution is 2.37. The van der Waals surface area contributed by atoms with Crippen LogP contribution in [0.2, 0.25) is 0 Å². The van der Waals surface area contributed by atoms with E-state index >= 15 is 0 Å². The molecule has 0 fully saturated rings. The van der Waals surface area contributed by atoms with Gasteiger partial charge in [-0.1, -0.05) is 6.42 Å². The summed E-state index contributed by atoms with van der Waals surface area (Å²) < 4.78 is 10.5. The lowest BCUT2D eigenvalue weighted by Crippen LogP contribution is -2.20. The summed E-state index contributed by atoms with van der Waals surface area (Å²) in [5, 5.41) is 23.7. The molecule has 2 aromatic rings. The third kappa shape index (κ3) is 4.23. The summed E-state index contributed by atoms with van der Waals surface area (Å²) in [6.45, 7) is -0.356. The maximum absolute atomic E-state index is 12.3. The Labute approximate surface area is 165 Å². The number of fused-ring (bicyclic) bond motifs is 1. The lowest BCUT2D eigenvalue weighted by Gasteiger charge is -2.10. The third-order valence-electron chi connectivity index (χ3n) is 4.50. The smallest absolute Gasteiger partial charge is 0.273 e. The van der Waals surface area contributed by atoms with Crippen LogP contribution in [-0.2, 0) is 17.6 Å². The van der Waals surface area contributed by atoms with Crippen molar-refractivity contribution in [2.75, 3.05) is 19.0 Å². The number of benzene rings is 1. The highest BCUT2D eigenvalue weighted by atomic mass is 32.1. The number of nitro groups is 1. The molecule has 0 radical (unpaired) electrons. The van der Waals surface area contributed by atoms with Crippen LogP contribution >= 0.6 is 11.3 Å². The number of carbonyl (C=O) groups is 1. The van der Waals surface area contributed by atoms with E-state index in [9.17, 15) is 20.2 Å². The summed E-state index contributed by atoms with van der Waals surface area (Å²) in [7, 11) is 1.41. The molecule has 0 saturated carbocycles. The fraction of sp³-hybridized carbons (Fsp3) is 0.368. The molecule has 146 valence electrons. The SMILES string of the molecule is COc1ccc([N+](=O)[O-])cc1OCC(=O)Nc1sc2c(c1C#N)CCCCC2. The number of nitrogens with one attached hydrogen (secondary N) is 1. The number of nitrogens with zero attached hydrogens (tertiary/aromatic N) is 2. The van der Waals surface area contributed by atoms with E-state index in [4.69, 9.17) is 9.47 Å². The van der Waals surface area contributed by atoms with E-state index < -0.39 is 10.8 Å². The molecule has 9 heteroatoms. The summed E-state index contributed by atoms with van der Waals surface area (Å²) >= 11 is 1.44. The quantitative estimate of drug-likeness (QED) is 0.447. The molecule has 1 heterocycles. The lowest BCUT2D eigenvalue weighted by atomic mass is 10.1. The van der Waals surface area contributed by atoms with E-state index in [1.54, 1.807) is 0 Å². The number of nitriles is 1. The molecule has 0 bridgehead atoms. The Bertz CT molecular complexity index is 948. The fourth-order valence-corrected chi connectivity index (χ4v) is 4.40. The first-order valence-electron chi connectivity index (χ1n) is 8.83. The van der Waals surface area contributed by atoms with Crippen LogP contribution in [0.4, 0.5) is 10.7 Å². The molecular weight excluding hydrogens is 382 g/mol. The second-order valence-electron chi connectivity index (χ2n) is 6.31. The van der Waals surface area contributed by atoms with Gasteiger partial charge >= 0.3 is 0 Å². The molecule has 0 aliphatic heterocycles. The van der Waals surface area contributed by atoms with Gasteiger partial charge in [0, 0.05) is 10.9 Å². The van der Waals surface area contributed by atoms with Gasteiger partial charge in [0.15, 0.2) is 18.1 Å². The Morgan fingerprint density at radius 1 is 1.32 bits per heavy atom. The number of hydrogen-bond acceptors (Lipinski definition) is 7. The van der Waals surface area contributed by atoms with Gasteiger partial charge < -0.3 is 14.8 Å². The number of non-ortho nitro benzene ring substituents is 1. The zero-order chi connectivity index (χ0) is 20.1. The number of hydrogen-bond donors (Lipinski definition) is 1. The van der Waals surface area contributed by atoms with Crippen molar-refractivity contribution in [3.8, 4) is 17.6 Å². The average molecular weight is 401 g/mol. The molecule has 1 aliphatic carbocycles. The Kier molecular flexibility index (Phi) is 6.11. The molecule has 1 amide bonds. The average Bonchev–Trinajstić information content (AvgIpc) is 2.85. The van der Waals surface area contributed by atoms with Gasteiger partial charge in [-0.25, -0.2) is 0 Å². The standard InChI is InChI=1S/C19H19N3O5S/c1-26-15-8-7-12(22(24)25)9-16(15)27-11-18(23)21-19-14(10-20)13-5-3-2-4-6-17(13)28-19/h7-9H,2-6,11H2,1H3,(H,21,23). The number of ether oxygens (including phenoxy) is 2. The molecule has 0 saturated heterocycles. The van der Waals surface area contributed by atoms with Crippen molar-refractivity contribution >= 4 is 27.9 Å². The van der Waals surface area contributed by atoms with E-state index in [1.807, 2.05) is 0 Å². The second kappa shape index (κ2) is 8.71. The minimum atomic E-state index is -0.551. The van der Waals surface area contributed by atoms with Crippen LogP contribution in [0.3, 0.4) is 0 Å². The number of anilines is 1. The lowest BCUT2D eigenvalue weighted by molar-refractivity contribution is -0.385. The Morgan fingerprint density at radius 3 is 2.82 bits per heavy atom. The molecule has 0 atom stereocenters. The first-order chi connectivity index (χ1) is 13.5. The predicted octanol–water partition coefficient (Wildman–Crippen LogP) is 3.82. The summed E-state index contributed by atoms with van der Waals surface area (Å²) in [6.07, 6.45) is 5.05. The topological polar surface area (TPSA) is 114 Å². The largest absolute Gasteiger partial charge is 0.493 e. The molecule has 1 aromatic carbocycles. The van der Waals surface area contributed by atoms with Crippen LogP contribution in [0.25, 0.3) is 0 Å². The van der Waals surface area contributed by atoms with Gasteiger partial charge in [0.2, 0.25) is 0 Å². The Morgan fingerprint density at radius 2 is 2.11 bits per heavy atom. The van der Waals surface area contributed by atoms with Crippen molar-refractivity contribution in [3.05, 3.63) is 44.3 Å². The molecule has 1 aromatic heterocycles. The van der Waals surface area contributed by atoms with Gasteiger partial charge in [0.1, 0.15) is 11.1 Å². The fourth-order valence-electron chi connectivity index (χ4n) is 3.15. The summed E-state index contributed by atoms with van der Waals surface area (Å²) in [6, 6.07) is 6.12. The number of thiophene rings is 1. The highest BCUT2D eigenvalue weighted by Gasteiger charge is 2.21. The number of amides is 1. The van der Waals surface area contributed by atoms with Crippen molar-refractivity contribution < 1.29 is 19.2 Å². The monoisotopic (exact) mass is 401 g/mol. The van der Waals surface area contributed by atoms with Crippen LogP contribution in [0.1, 0.15) is 35.3 Å². The van der Waals surface area contributed by atoms with Crippen molar-refractivity contribution in [2.24, 2.45) is 0 Å². The van der Waals surface area contributed by atoms with Gasteiger partial charge in [-0.3, -0.25) is 14.9 Å². The number of rotatable bonds is 6. The molecule has 0 unspecified atom stereocenters. The van der Waals surface area contributed by atoms with Crippen LogP contribution in [0, 0.1) is 21.4 Å². The minimum absolute atomic E-state index is 0.106. The van der Waals surface area contributed by atoms with E-state index in [-0.39, 0.29) is 18.0 Å². The number of aryl methyl sites for hydroxylation is 1. The number of carbonyl (C=O) groups excluding carboxylic acids is 1. The Hall–Kier alpha value is -3.12. The second-order valence-corrected chi connectivity index (χ2v) is 7.41. The van der Waals surface area contributed by atoms with Crippen molar-refractivity contribution in [1.29, 1.82) is 5.26 Å². The van der Waals surface area contributed by atoms with E-state index in [2.05, 4.69) is 11.4 Å². The highest BCUT2D eigenvalue weighted by molar-refractivity contribution is 7.16. The summed E-state index contributed by atoms with van der Waals surface area (Å²) in [4.78, 5) is 23.9. The van der Waals surface area contributed by atoms with E-state index in [0.717, 1.165) is 42.5 Å². The number of methoxy groups -OCH3 is 1. The van der Waals surface area contributed by atoms with Crippen molar-refractivity contribution in [1.82, 2.24) is 0 Å². The van der Waals surface area contributed by atoms with Crippen LogP contribution in [0.15, 0.2) is 18.2 Å². The molecule has 1 N–H and O–H groups in total. The zero-order valence-corrected chi connectivity index (χ0v) is 16.1. The van der Waals surface area contributed by atoms with Crippen LogP contribution < -0.4 is 14.8 Å². The van der Waals surface area contributed by atoms with E-state index in [0.29, 0.717) is 16.3 Å². The van der Waals surface area contributed by atoms with Crippen molar-refractivity contribution in [2.45, 2.75) is 32.1 Å². The van der Waals surface area contributed by atoms with Crippen molar-refractivity contribution in [3.63, 3.8) is 0 Å².